The highest BCUT2D eigenvalue weighted by molar-refractivity contribution is 5.43. The largest absolute Gasteiger partial charge is 0.382 e. The van der Waals surface area contributed by atoms with Gasteiger partial charge >= 0.3 is 0 Å². The van der Waals surface area contributed by atoms with Gasteiger partial charge in [0.25, 0.3) is 0 Å². The third-order valence-corrected chi connectivity index (χ3v) is 2.42. The number of hydrogen-bond acceptors (Lipinski definition) is 2. The van der Waals surface area contributed by atoms with Gasteiger partial charge in [0.05, 0.1) is 0 Å². The molecule has 1 heterocycles. The molecule has 76 valence electrons. The molecule has 0 amide bonds. The van der Waals surface area contributed by atoms with Gasteiger partial charge in [-0.3, -0.25) is 0 Å². The average molecular weight is 195 g/mol. The third kappa shape index (κ3) is 2.45. The van der Waals surface area contributed by atoms with Gasteiger partial charge in [-0.1, -0.05) is 6.07 Å². The summed E-state index contributed by atoms with van der Waals surface area (Å²) in [5, 5.41) is 3.30. The average Bonchev–Trinajstić information content (AvgIpc) is 2.19. The molecule has 1 aliphatic heterocycles. The van der Waals surface area contributed by atoms with Gasteiger partial charge in [-0.25, -0.2) is 4.39 Å². The molecule has 0 spiro atoms. The SMILES string of the molecule is Fc1cccc(NC2CCOCC2)c1. The Morgan fingerprint density at radius 1 is 1.29 bits per heavy atom. The first-order chi connectivity index (χ1) is 6.84. The second-order valence-electron chi connectivity index (χ2n) is 3.54. The van der Waals surface area contributed by atoms with Crippen LogP contribution in [0.5, 0.6) is 0 Å². The van der Waals surface area contributed by atoms with Crippen molar-refractivity contribution in [3.8, 4) is 0 Å². The summed E-state index contributed by atoms with van der Waals surface area (Å²) in [5.41, 5.74) is 0.858. The van der Waals surface area contributed by atoms with E-state index in [0.29, 0.717) is 6.04 Å². The monoisotopic (exact) mass is 195 g/mol. The maximum Gasteiger partial charge on any atom is 0.125 e. The molecule has 0 aromatic heterocycles. The zero-order chi connectivity index (χ0) is 9.80. The van der Waals surface area contributed by atoms with Gasteiger partial charge in [0.1, 0.15) is 5.82 Å². The molecular formula is C11H14FNO. The van der Waals surface area contributed by atoms with Crippen molar-refractivity contribution in [3.63, 3.8) is 0 Å². The number of hydrogen-bond donors (Lipinski definition) is 1. The minimum Gasteiger partial charge on any atom is -0.382 e. The third-order valence-electron chi connectivity index (χ3n) is 2.42. The highest BCUT2D eigenvalue weighted by Gasteiger charge is 2.12. The fourth-order valence-electron chi connectivity index (χ4n) is 1.66. The lowest BCUT2D eigenvalue weighted by Crippen LogP contribution is -2.27. The lowest BCUT2D eigenvalue weighted by Gasteiger charge is -2.24. The van der Waals surface area contributed by atoms with Crippen LogP contribution in [0.25, 0.3) is 0 Å². The Balaban J connectivity index is 1.95. The van der Waals surface area contributed by atoms with E-state index in [0.717, 1.165) is 31.7 Å². The molecule has 3 heteroatoms. The standard InChI is InChI=1S/C11H14FNO/c12-9-2-1-3-11(8-9)13-10-4-6-14-7-5-10/h1-3,8,10,13H,4-7H2. The highest BCUT2D eigenvalue weighted by atomic mass is 19.1. The van der Waals surface area contributed by atoms with Crippen LogP contribution in [0.4, 0.5) is 10.1 Å². The fraction of sp³-hybridized carbons (Fsp3) is 0.455. The summed E-state index contributed by atoms with van der Waals surface area (Å²) < 4.78 is 18.1. The number of halogens is 1. The number of nitrogens with one attached hydrogen (secondary N) is 1. The zero-order valence-corrected chi connectivity index (χ0v) is 8.00. The van der Waals surface area contributed by atoms with Gasteiger partial charge in [-0.15, -0.1) is 0 Å². The van der Waals surface area contributed by atoms with Crippen molar-refractivity contribution in [2.75, 3.05) is 18.5 Å². The second-order valence-corrected chi connectivity index (χ2v) is 3.54. The Labute approximate surface area is 83.1 Å². The summed E-state index contributed by atoms with van der Waals surface area (Å²) in [6.45, 7) is 1.60. The van der Waals surface area contributed by atoms with Crippen LogP contribution in [0, 0.1) is 5.82 Å². The predicted octanol–water partition coefficient (Wildman–Crippen LogP) is 2.42. The quantitative estimate of drug-likeness (QED) is 0.782. The van der Waals surface area contributed by atoms with Gasteiger partial charge < -0.3 is 10.1 Å². The normalized spacial score (nSPS) is 18.1. The lowest BCUT2D eigenvalue weighted by molar-refractivity contribution is 0.0904. The van der Waals surface area contributed by atoms with Gasteiger partial charge in [0.15, 0.2) is 0 Å². The van der Waals surface area contributed by atoms with Gasteiger partial charge in [0.2, 0.25) is 0 Å². The maximum atomic E-state index is 12.9. The molecule has 1 N–H and O–H groups in total. The molecule has 0 atom stereocenters. The molecule has 0 unspecified atom stereocenters. The van der Waals surface area contributed by atoms with Crippen molar-refractivity contribution in [1.82, 2.24) is 0 Å². The number of benzene rings is 1. The molecule has 0 radical (unpaired) electrons. The molecule has 0 bridgehead atoms. The zero-order valence-electron chi connectivity index (χ0n) is 8.00. The molecule has 2 rings (SSSR count). The minimum atomic E-state index is -0.193. The molecule has 2 nitrogen and oxygen atoms in total. The van der Waals surface area contributed by atoms with Crippen molar-refractivity contribution in [2.24, 2.45) is 0 Å². The summed E-state index contributed by atoms with van der Waals surface area (Å²) in [6.07, 6.45) is 1.99. The fourth-order valence-corrected chi connectivity index (χ4v) is 1.66. The van der Waals surface area contributed by atoms with E-state index in [4.69, 9.17) is 4.74 Å². The number of anilines is 1. The Kier molecular flexibility index (Phi) is 2.99. The Morgan fingerprint density at radius 3 is 2.79 bits per heavy atom. The molecule has 1 aromatic carbocycles. The Hall–Kier alpha value is -1.09. The van der Waals surface area contributed by atoms with Crippen molar-refractivity contribution in [1.29, 1.82) is 0 Å². The van der Waals surface area contributed by atoms with E-state index in [9.17, 15) is 4.39 Å². The lowest BCUT2D eigenvalue weighted by atomic mass is 10.1. The van der Waals surface area contributed by atoms with Crippen molar-refractivity contribution in [2.45, 2.75) is 18.9 Å². The van der Waals surface area contributed by atoms with Crippen LogP contribution in [0.1, 0.15) is 12.8 Å². The van der Waals surface area contributed by atoms with Gasteiger partial charge in [-0.05, 0) is 31.0 Å². The molecule has 0 saturated carbocycles. The van der Waals surface area contributed by atoms with Gasteiger partial charge in [0, 0.05) is 24.9 Å². The molecule has 14 heavy (non-hydrogen) atoms. The van der Waals surface area contributed by atoms with Crippen LogP contribution in [0.3, 0.4) is 0 Å². The molecule has 1 fully saturated rings. The summed E-state index contributed by atoms with van der Waals surface area (Å²) in [7, 11) is 0. The molecule has 1 aliphatic rings. The van der Waals surface area contributed by atoms with Crippen LogP contribution in [0.15, 0.2) is 24.3 Å². The van der Waals surface area contributed by atoms with E-state index in [-0.39, 0.29) is 5.82 Å². The first-order valence-corrected chi connectivity index (χ1v) is 4.94. The maximum absolute atomic E-state index is 12.9. The van der Waals surface area contributed by atoms with E-state index in [2.05, 4.69) is 5.32 Å². The van der Waals surface area contributed by atoms with Crippen molar-refractivity contribution in [3.05, 3.63) is 30.1 Å². The van der Waals surface area contributed by atoms with Crippen molar-refractivity contribution < 1.29 is 9.13 Å². The van der Waals surface area contributed by atoms with Crippen molar-refractivity contribution >= 4 is 5.69 Å². The Bertz CT molecular complexity index is 297. The smallest absolute Gasteiger partial charge is 0.125 e. The molecule has 1 aromatic rings. The summed E-state index contributed by atoms with van der Waals surface area (Å²) in [4.78, 5) is 0. The van der Waals surface area contributed by atoms with Crippen LogP contribution in [-0.4, -0.2) is 19.3 Å². The molecular weight excluding hydrogens is 181 g/mol. The summed E-state index contributed by atoms with van der Waals surface area (Å²) in [6, 6.07) is 7.01. The predicted molar refractivity (Wildman–Crippen MR) is 53.9 cm³/mol. The first-order valence-electron chi connectivity index (χ1n) is 4.94. The number of ether oxygens (including phenoxy) is 1. The van der Waals surface area contributed by atoms with Crippen LogP contribution >= 0.6 is 0 Å². The van der Waals surface area contributed by atoms with Crippen LogP contribution < -0.4 is 5.32 Å². The second kappa shape index (κ2) is 4.42. The molecule has 0 aliphatic carbocycles. The number of rotatable bonds is 2. The van der Waals surface area contributed by atoms with Crippen LogP contribution in [0.2, 0.25) is 0 Å². The minimum absolute atomic E-state index is 0.193. The van der Waals surface area contributed by atoms with Gasteiger partial charge in [-0.2, -0.15) is 0 Å². The Morgan fingerprint density at radius 2 is 2.07 bits per heavy atom. The van der Waals surface area contributed by atoms with E-state index in [1.54, 1.807) is 6.07 Å². The van der Waals surface area contributed by atoms with E-state index < -0.39 is 0 Å². The summed E-state index contributed by atoms with van der Waals surface area (Å²) in [5.74, 6) is -0.193. The van der Waals surface area contributed by atoms with E-state index in [1.165, 1.54) is 12.1 Å². The first kappa shape index (κ1) is 9.46. The topological polar surface area (TPSA) is 21.3 Å². The van der Waals surface area contributed by atoms with E-state index in [1.807, 2.05) is 6.07 Å². The summed E-state index contributed by atoms with van der Waals surface area (Å²) >= 11 is 0. The molecule has 1 saturated heterocycles. The highest BCUT2D eigenvalue weighted by Crippen LogP contribution is 2.15. The van der Waals surface area contributed by atoms with Crippen LogP contribution in [-0.2, 0) is 4.74 Å². The van der Waals surface area contributed by atoms with E-state index >= 15 is 0 Å².